The van der Waals surface area contributed by atoms with Crippen molar-refractivity contribution in [3.05, 3.63) is 38.9 Å². The highest BCUT2D eigenvalue weighted by molar-refractivity contribution is 7.20. The van der Waals surface area contributed by atoms with Crippen LogP contribution in [0.2, 0.25) is 0 Å². The van der Waals surface area contributed by atoms with Crippen LogP contribution in [0.25, 0.3) is 10.2 Å². The first-order valence-electron chi connectivity index (χ1n) is 10.4. The van der Waals surface area contributed by atoms with E-state index in [1.165, 1.54) is 24.2 Å². The zero-order chi connectivity index (χ0) is 20.1. The molecule has 1 unspecified atom stereocenters. The predicted octanol–water partition coefficient (Wildman–Crippen LogP) is 3.91. The number of carbonyl (C=O) groups is 1. The van der Waals surface area contributed by atoms with Crippen molar-refractivity contribution in [3.63, 3.8) is 0 Å². The van der Waals surface area contributed by atoms with Crippen molar-refractivity contribution in [1.82, 2.24) is 19.3 Å². The van der Waals surface area contributed by atoms with Crippen molar-refractivity contribution < 1.29 is 4.79 Å². The number of aromatic nitrogens is 4. The first-order valence-corrected chi connectivity index (χ1v) is 11.2. The van der Waals surface area contributed by atoms with Gasteiger partial charge in [0.2, 0.25) is 0 Å². The fraction of sp³-hybridized carbons (Fsp3) is 0.524. The summed E-state index contributed by atoms with van der Waals surface area (Å²) in [6.07, 6.45) is 8.14. The molecule has 1 aliphatic heterocycles. The van der Waals surface area contributed by atoms with Gasteiger partial charge in [-0.25, -0.2) is 9.67 Å². The fourth-order valence-corrected chi connectivity index (χ4v) is 5.40. The van der Waals surface area contributed by atoms with Gasteiger partial charge in [-0.2, -0.15) is 5.10 Å². The Hall–Kier alpha value is -2.48. The van der Waals surface area contributed by atoms with Gasteiger partial charge in [-0.3, -0.25) is 14.2 Å². The summed E-state index contributed by atoms with van der Waals surface area (Å²) in [4.78, 5) is 32.2. The van der Waals surface area contributed by atoms with Crippen LogP contribution in [0, 0.1) is 12.8 Å². The Kier molecular flexibility index (Phi) is 4.53. The van der Waals surface area contributed by atoms with Crippen molar-refractivity contribution in [3.8, 4) is 0 Å². The van der Waals surface area contributed by atoms with E-state index in [2.05, 4.69) is 17.3 Å². The molecule has 29 heavy (non-hydrogen) atoms. The summed E-state index contributed by atoms with van der Waals surface area (Å²) in [7, 11) is 0. The first kappa shape index (κ1) is 18.5. The van der Waals surface area contributed by atoms with E-state index in [-0.39, 0.29) is 17.5 Å². The molecule has 0 spiro atoms. The average molecular weight is 412 g/mol. The number of nitrogens with one attached hydrogen (secondary N) is 1. The van der Waals surface area contributed by atoms with Crippen LogP contribution in [0.15, 0.2) is 17.1 Å². The number of anilines is 1. The molecule has 2 aliphatic rings. The van der Waals surface area contributed by atoms with Crippen LogP contribution in [0.1, 0.15) is 66.1 Å². The van der Waals surface area contributed by atoms with Crippen molar-refractivity contribution in [2.24, 2.45) is 5.92 Å². The van der Waals surface area contributed by atoms with Crippen molar-refractivity contribution in [2.75, 3.05) is 5.32 Å². The highest BCUT2D eigenvalue weighted by Crippen LogP contribution is 2.40. The van der Waals surface area contributed by atoms with Crippen LogP contribution in [0.4, 0.5) is 5.82 Å². The fourth-order valence-electron chi connectivity index (χ4n) is 4.32. The smallest absolute Gasteiger partial charge is 0.267 e. The summed E-state index contributed by atoms with van der Waals surface area (Å²) < 4.78 is 3.71. The molecule has 0 aromatic carbocycles. The first-order chi connectivity index (χ1) is 14.0. The van der Waals surface area contributed by atoms with Crippen LogP contribution in [-0.2, 0) is 13.0 Å². The molecule has 1 fully saturated rings. The van der Waals surface area contributed by atoms with Gasteiger partial charge in [0.15, 0.2) is 0 Å². The van der Waals surface area contributed by atoms with Gasteiger partial charge in [0.05, 0.1) is 22.5 Å². The summed E-state index contributed by atoms with van der Waals surface area (Å²) in [5, 5.41) is 8.00. The molecule has 3 aromatic rings. The van der Waals surface area contributed by atoms with Crippen LogP contribution in [0.3, 0.4) is 0 Å². The SMILES string of the molecule is Cc1c(C(=O)Nc2ccnn2C(C)C2CC2)sc2nc3n(c(=O)c12)CCCCC3. The van der Waals surface area contributed by atoms with Crippen LogP contribution in [0.5, 0.6) is 0 Å². The zero-order valence-corrected chi connectivity index (χ0v) is 17.6. The highest BCUT2D eigenvalue weighted by Gasteiger charge is 2.31. The molecule has 1 atom stereocenters. The van der Waals surface area contributed by atoms with Crippen LogP contribution in [-0.4, -0.2) is 25.2 Å². The van der Waals surface area contributed by atoms with E-state index in [4.69, 9.17) is 4.98 Å². The summed E-state index contributed by atoms with van der Waals surface area (Å²) >= 11 is 1.31. The lowest BCUT2D eigenvalue weighted by atomic mass is 10.2. The van der Waals surface area contributed by atoms with Gasteiger partial charge < -0.3 is 5.32 Å². The van der Waals surface area contributed by atoms with Gasteiger partial charge >= 0.3 is 0 Å². The Morgan fingerprint density at radius 1 is 1.31 bits per heavy atom. The highest BCUT2D eigenvalue weighted by atomic mass is 32.1. The Morgan fingerprint density at radius 2 is 2.14 bits per heavy atom. The Morgan fingerprint density at radius 3 is 2.93 bits per heavy atom. The van der Waals surface area contributed by atoms with E-state index in [0.29, 0.717) is 33.4 Å². The molecule has 3 aromatic heterocycles. The van der Waals surface area contributed by atoms with Crippen LogP contribution < -0.4 is 10.9 Å². The van der Waals surface area contributed by atoms with Gasteiger partial charge in [-0.1, -0.05) is 6.42 Å². The van der Waals surface area contributed by atoms with Crippen molar-refractivity contribution in [1.29, 1.82) is 0 Å². The number of hydrogen-bond donors (Lipinski definition) is 1. The molecule has 4 heterocycles. The predicted molar refractivity (Wildman–Crippen MR) is 114 cm³/mol. The quantitative estimate of drug-likeness (QED) is 0.706. The number of aryl methyl sites for hydroxylation is 2. The molecule has 0 saturated heterocycles. The largest absolute Gasteiger partial charge is 0.306 e. The summed E-state index contributed by atoms with van der Waals surface area (Å²) in [5.74, 6) is 1.99. The minimum Gasteiger partial charge on any atom is -0.306 e. The lowest BCUT2D eigenvalue weighted by molar-refractivity contribution is 0.102. The molecule has 0 radical (unpaired) electrons. The number of hydrogen-bond acceptors (Lipinski definition) is 5. The average Bonchev–Trinajstić information content (AvgIpc) is 3.42. The summed E-state index contributed by atoms with van der Waals surface area (Å²) in [6.45, 7) is 4.71. The maximum absolute atomic E-state index is 13.1. The molecule has 0 bridgehead atoms. The van der Waals surface area contributed by atoms with Gasteiger partial charge in [-0.05, 0) is 51.0 Å². The number of rotatable bonds is 4. The van der Waals surface area contributed by atoms with E-state index in [9.17, 15) is 9.59 Å². The maximum Gasteiger partial charge on any atom is 0.267 e. The second kappa shape index (κ2) is 7.09. The molecule has 7 nitrogen and oxygen atoms in total. The van der Waals surface area contributed by atoms with Gasteiger partial charge in [0.1, 0.15) is 16.5 Å². The van der Waals surface area contributed by atoms with Gasteiger partial charge in [-0.15, -0.1) is 11.3 Å². The summed E-state index contributed by atoms with van der Waals surface area (Å²) in [6, 6.07) is 2.10. The molecule has 5 rings (SSSR count). The Bertz CT molecular complexity index is 1150. The van der Waals surface area contributed by atoms with E-state index in [1.807, 2.05) is 22.2 Å². The number of nitrogens with zero attached hydrogens (tertiary/aromatic N) is 4. The third-order valence-corrected chi connectivity index (χ3v) is 7.40. The zero-order valence-electron chi connectivity index (χ0n) is 16.8. The molecule has 8 heteroatoms. The van der Waals surface area contributed by atoms with Crippen LogP contribution >= 0.6 is 11.3 Å². The minimum absolute atomic E-state index is 0.00732. The number of fused-ring (bicyclic) bond motifs is 2. The minimum atomic E-state index is -0.199. The third kappa shape index (κ3) is 3.19. The van der Waals surface area contributed by atoms with Crippen molar-refractivity contribution >= 4 is 33.3 Å². The molecule has 152 valence electrons. The Labute approximate surface area is 172 Å². The van der Waals surface area contributed by atoms with E-state index < -0.39 is 0 Å². The summed E-state index contributed by atoms with van der Waals surface area (Å²) in [5.41, 5.74) is 0.716. The van der Waals surface area contributed by atoms with E-state index in [1.54, 1.807) is 6.20 Å². The second-order valence-corrected chi connectivity index (χ2v) is 9.22. The number of amides is 1. The molecule has 1 N–H and O–H groups in total. The standard InChI is InChI=1S/C21H25N5O2S/c1-12-17-20(24-15-6-4-3-5-11-25(15)21(17)28)29-18(12)19(27)23-16-9-10-22-26(16)13(2)14-7-8-14/h9-10,13-14H,3-8,11H2,1-2H3,(H,23,27). The van der Waals surface area contributed by atoms with Gasteiger partial charge in [0.25, 0.3) is 11.5 Å². The molecular weight excluding hydrogens is 386 g/mol. The number of thiophene rings is 1. The van der Waals surface area contributed by atoms with E-state index in [0.717, 1.165) is 37.1 Å². The topological polar surface area (TPSA) is 81.8 Å². The lowest BCUT2D eigenvalue weighted by Gasteiger charge is -2.15. The monoisotopic (exact) mass is 411 g/mol. The second-order valence-electron chi connectivity index (χ2n) is 8.22. The van der Waals surface area contributed by atoms with Crippen molar-refractivity contribution in [2.45, 2.75) is 65.0 Å². The van der Waals surface area contributed by atoms with Gasteiger partial charge in [0, 0.05) is 19.0 Å². The van der Waals surface area contributed by atoms with E-state index >= 15 is 0 Å². The molecular formula is C21H25N5O2S. The Balaban J connectivity index is 1.50. The molecule has 1 aliphatic carbocycles. The molecule has 1 amide bonds. The normalized spacial score (nSPS) is 17.7. The maximum atomic E-state index is 13.1. The lowest BCUT2D eigenvalue weighted by Crippen LogP contribution is -2.24. The third-order valence-electron chi connectivity index (χ3n) is 6.22. The molecule has 1 saturated carbocycles. The number of carbonyl (C=O) groups excluding carboxylic acids is 1.